The molecule has 0 aliphatic rings. The number of anilines is 2. The van der Waals surface area contributed by atoms with E-state index in [2.05, 4.69) is 10.9 Å². The lowest BCUT2D eigenvalue weighted by atomic mass is 10.1. The third-order valence-corrected chi connectivity index (χ3v) is 6.43. The molecule has 4 aromatic carbocycles. The minimum atomic E-state index is -4.92. The highest BCUT2D eigenvalue weighted by Gasteiger charge is 2.23. The largest absolute Gasteiger partial charge is 0.506 e. The predicted octanol–water partition coefficient (Wildman–Crippen LogP) is 3.63. The van der Waals surface area contributed by atoms with Gasteiger partial charge in [-0.1, -0.05) is 42.5 Å². The number of aromatic hydroxyl groups is 1. The van der Waals surface area contributed by atoms with Crippen molar-refractivity contribution in [2.24, 2.45) is 0 Å². The Morgan fingerprint density at radius 3 is 2.13 bits per heavy atom. The molecule has 0 radical (unpaired) electrons. The van der Waals surface area contributed by atoms with Gasteiger partial charge in [0.25, 0.3) is 20.2 Å². The maximum absolute atomic E-state index is 12.0. The van der Waals surface area contributed by atoms with E-state index in [1.807, 2.05) is 30.3 Å². The molecule has 0 aromatic heterocycles. The van der Waals surface area contributed by atoms with Crippen molar-refractivity contribution in [3.63, 3.8) is 0 Å². The Morgan fingerprint density at radius 2 is 1.42 bits per heavy atom. The standard InChI is InChI=1S/C20H16N2O7S2/c23-17-9-8-13-10-14(30(24,25)26)11-18(31(27,28)29)19(13)20(17)22-21-16-7-3-5-12-4-1-2-6-15(12)16/h1-11,21-23H,(H,24,25,26)(H,27,28,29). The average molecular weight is 460 g/mol. The fourth-order valence-electron chi connectivity index (χ4n) is 3.33. The highest BCUT2D eigenvalue weighted by atomic mass is 32.2. The van der Waals surface area contributed by atoms with Crippen LogP contribution < -0.4 is 10.9 Å². The van der Waals surface area contributed by atoms with E-state index in [0.29, 0.717) is 11.8 Å². The van der Waals surface area contributed by atoms with Crippen LogP contribution in [-0.2, 0) is 20.2 Å². The maximum Gasteiger partial charge on any atom is 0.295 e. The second kappa shape index (κ2) is 7.39. The normalized spacial score (nSPS) is 12.2. The van der Waals surface area contributed by atoms with Gasteiger partial charge in [0.2, 0.25) is 0 Å². The van der Waals surface area contributed by atoms with Crippen LogP contribution in [0.4, 0.5) is 11.4 Å². The van der Waals surface area contributed by atoms with Crippen LogP contribution in [-0.4, -0.2) is 31.0 Å². The first kappa shape index (κ1) is 20.9. The molecular weight excluding hydrogens is 444 g/mol. The number of benzene rings is 4. The zero-order valence-corrected chi connectivity index (χ0v) is 17.3. The number of rotatable bonds is 5. The number of hydrazine groups is 1. The van der Waals surface area contributed by atoms with Gasteiger partial charge in [-0.05, 0) is 35.0 Å². The minimum Gasteiger partial charge on any atom is -0.506 e. The van der Waals surface area contributed by atoms with Crippen LogP contribution in [0.1, 0.15) is 0 Å². The molecule has 0 heterocycles. The van der Waals surface area contributed by atoms with Gasteiger partial charge >= 0.3 is 0 Å². The zero-order valence-electron chi connectivity index (χ0n) is 15.6. The number of phenolic OH excluding ortho intramolecular Hbond substituents is 1. The predicted molar refractivity (Wildman–Crippen MR) is 116 cm³/mol. The van der Waals surface area contributed by atoms with Crippen LogP contribution in [0.25, 0.3) is 21.5 Å². The lowest BCUT2D eigenvalue weighted by Crippen LogP contribution is -2.11. The Balaban J connectivity index is 1.90. The van der Waals surface area contributed by atoms with E-state index in [9.17, 15) is 31.0 Å². The number of hydrogen-bond acceptors (Lipinski definition) is 7. The van der Waals surface area contributed by atoms with Gasteiger partial charge in [0.15, 0.2) is 0 Å². The Morgan fingerprint density at radius 1 is 0.710 bits per heavy atom. The molecule has 0 saturated carbocycles. The van der Waals surface area contributed by atoms with Gasteiger partial charge < -0.3 is 10.5 Å². The van der Waals surface area contributed by atoms with Gasteiger partial charge in [0.05, 0.1) is 10.6 Å². The summed E-state index contributed by atoms with van der Waals surface area (Å²) in [5.74, 6) is -0.357. The van der Waals surface area contributed by atoms with E-state index in [1.165, 1.54) is 12.1 Å². The number of phenols is 1. The van der Waals surface area contributed by atoms with Crippen LogP contribution in [0.3, 0.4) is 0 Å². The highest BCUT2D eigenvalue weighted by molar-refractivity contribution is 7.86. The molecule has 0 unspecified atom stereocenters. The van der Waals surface area contributed by atoms with Crippen molar-refractivity contribution < 1.29 is 31.0 Å². The second-order valence-electron chi connectivity index (χ2n) is 6.71. The van der Waals surface area contributed by atoms with Crippen molar-refractivity contribution in [1.82, 2.24) is 0 Å². The number of nitrogens with one attached hydrogen (secondary N) is 2. The summed E-state index contributed by atoms with van der Waals surface area (Å²) in [5, 5.41) is 12.0. The van der Waals surface area contributed by atoms with Crippen LogP contribution in [0.2, 0.25) is 0 Å². The summed E-state index contributed by atoms with van der Waals surface area (Å²) >= 11 is 0. The van der Waals surface area contributed by atoms with Gasteiger partial charge in [-0.2, -0.15) is 16.8 Å². The first-order valence-electron chi connectivity index (χ1n) is 8.80. The Labute approximate surface area is 177 Å². The molecule has 0 aliphatic heterocycles. The Kier molecular flexibility index (Phi) is 4.98. The molecule has 0 fully saturated rings. The summed E-state index contributed by atoms with van der Waals surface area (Å²) < 4.78 is 66.1. The van der Waals surface area contributed by atoms with E-state index in [0.717, 1.165) is 16.8 Å². The lowest BCUT2D eigenvalue weighted by Gasteiger charge is -2.17. The number of hydrogen-bond donors (Lipinski definition) is 5. The highest BCUT2D eigenvalue weighted by Crippen LogP contribution is 2.38. The molecule has 5 N–H and O–H groups in total. The average Bonchev–Trinajstić information content (AvgIpc) is 2.71. The molecule has 0 spiro atoms. The molecule has 4 aromatic rings. The van der Waals surface area contributed by atoms with Gasteiger partial charge in [0.1, 0.15) is 16.3 Å². The van der Waals surface area contributed by atoms with Crippen LogP contribution in [0.15, 0.2) is 76.5 Å². The third-order valence-electron chi connectivity index (χ3n) is 4.72. The fourth-order valence-corrected chi connectivity index (χ4v) is 4.70. The number of fused-ring (bicyclic) bond motifs is 2. The summed E-state index contributed by atoms with van der Waals surface area (Å²) in [6.07, 6.45) is 0. The molecule has 11 heteroatoms. The second-order valence-corrected chi connectivity index (χ2v) is 9.52. The molecule has 0 saturated heterocycles. The van der Waals surface area contributed by atoms with E-state index < -0.39 is 30.0 Å². The fraction of sp³-hybridized carbons (Fsp3) is 0. The zero-order chi connectivity index (χ0) is 22.4. The van der Waals surface area contributed by atoms with E-state index >= 15 is 0 Å². The monoisotopic (exact) mass is 460 g/mol. The van der Waals surface area contributed by atoms with Gasteiger partial charge in [-0.3, -0.25) is 14.5 Å². The van der Waals surface area contributed by atoms with Crippen LogP contribution in [0.5, 0.6) is 5.75 Å². The van der Waals surface area contributed by atoms with Crippen molar-refractivity contribution in [3.8, 4) is 5.75 Å². The maximum atomic E-state index is 12.0. The van der Waals surface area contributed by atoms with Crippen molar-refractivity contribution >= 4 is 53.2 Å². The summed E-state index contributed by atoms with van der Waals surface area (Å²) in [5.41, 5.74) is 6.17. The van der Waals surface area contributed by atoms with Crippen molar-refractivity contribution in [3.05, 3.63) is 66.7 Å². The summed E-state index contributed by atoms with van der Waals surface area (Å²) in [6.45, 7) is 0. The SMILES string of the molecule is O=S(=O)(O)c1cc(S(=O)(=O)O)c2c(NNc3cccc4ccccc34)c(O)ccc2c1. The molecule has 0 atom stereocenters. The summed E-state index contributed by atoms with van der Waals surface area (Å²) in [4.78, 5) is -1.51. The van der Waals surface area contributed by atoms with Gasteiger partial charge in [0, 0.05) is 10.8 Å². The van der Waals surface area contributed by atoms with E-state index in [4.69, 9.17) is 0 Å². The molecule has 0 bridgehead atoms. The van der Waals surface area contributed by atoms with Crippen molar-refractivity contribution in [1.29, 1.82) is 0 Å². The van der Waals surface area contributed by atoms with E-state index in [1.54, 1.807) is 12.1 Å². The minimum absolute atomic E-state index is 0.0442. The first-order chi connectivity index (χ1) is 14.6. The van der Waals surface area contributed by atoms with Crippen molar-refractivity contribution in [2.45, 2.75) is 9.79 Å². The van der Waals surface area contributed by atoms with Gasteiger partial charge in [-0.25, -0.2) is 0 Å². The molecule has 0 amide bonds. The smallest absolute Gasteiger partial charge is 0.295 e. The molecule has 31 heavy (non-hydrogen) atoms. The third kappa shape index (κ3) is 3.99. The van der Waals surface area contributed by atoms with Crippen LogP contribution in [0, 0.1) is 0 Å². The molecular formula is C20H16N2O7S2. The van der Waals surface area contributed by atoms with E-state index in [-0.39, 0.29) is 22.2 Å². The molecule has 0 aliphatic carbocycles. The topological polar surface area (TPSA) is 153 Å². The summed E-state index contributed by atoms with van der Waals surface area (Å²) in [7, 11) is -9.68. The van der Waals surface area contributed by atoms with Gasteiger partial charge in [-0.15, -0.1) is 0 Å². The quantitative estimate of drug-likeness (QED) is 0.171. The molecule has 4 rings (SSSR count). The Hall–Kier alpha value is -3.38. The van der Waals surface area contributed by atoms with Crippen molar-refractivity contribution in [2.75, 3.05) is 10.9 Å². The molecule has 160 valence electrons. The Bertz CT molecular complexity index is 1540. The summed E-state index contributed by atoms with van der Waals surface area (Å²) in [6, 6.07) is 17.1. The van der Waals surface area contributed by atoms with Crippen LogP contribution >= 0.6 is 0 Å². The first-order valence-corrected chi connectivity index (χ1v) is 11.7. The lowest BCUT2D eigenvalue weighted by molar-refractivity contribution is 0.478. The molecule has 9 nitrogen and oxygen atoms in total.